The number of anilines is 1. The van der Waals surface area contributed by atoms with Gasteiger partial charge in [0.25, 0.3) is 5.91 Å². The fraction of sp³-hybridized carbons (Fsp3) is 0.435. The van der Waals surface area contributed by atoms with Crippen molar-refractivity contribution in [3.63, 3.8) is 0 Å². The van der Waals surface area contributed by atoms with Crippen LogP contribution in [0.4, 0.5) is 10.5 Å². The lowest BCUT2D eigenvalue weighted by atomic mass is 10.0. The number of ether oxygens (including phenoxy) is 1. The van der Waals surface area contributed by atoms with Crippen LogP contribution in [0.2, 0.25) is 0 Å². The maximum Gasteiger partial charge on any atom is 0.413 e. The molecule has 0 bridgehead atoms. The van der Waals surface area contributed by atoms with E-state index in [2.05, 4.69) is 26.6 Å². The molecule has 1 aromatic heterocycles. The fourth-order valence-corrected chi connectivity index (χ4v) is 5.48. The third-order valence-corrected chi connectivity index (χ3v) is 7.63. The predicted octanol–water partition coefficient (Wildman–Crippen LogP) is 3.54. The van der Waals surface area contributed by atoms with E-state index in [1.807, 2.05) is 31.0 Å². The van der Waals surface area contributed by atoms with Crippen molar-refractivity contribution in [1.29, 1.82) is 0 Å². The van der Waals surface area contributed by atoms with Crippen LogP contribution >= 0.6 is 27.3 Å². The summed E-state index contributed by atoms with van der Waals surface area (Å²) in [6, 6.07) is 9.10. The number of rotatable bonds is 5. The van der Waals surface area contributed by atoms with Crippen LogP contribution in [0.5, 0.6) is 5.06 Å². The van der Waals surface area contributed by atoms with Crippen LogP contribution in [0.25, 0.3) is 0 Å². The molecule has 1 atom stereocenters. The maximum atomic E-state index is 13.0. The summed E-state index contributed by atoms with van der Waals surface area (Å²) in [5, 5.41) is 6.52. The van der Waals surface area contributed by atoms with Crippen molar-refractivity contribution in [2.75, 3.05) is 31.6 Å². The molecule has 4 rings (SSSR count). The number of carbonyl (C=O) groups excluding carboxylic acids is 3. The van der Waals surface area contributed by atoms with Gasteiger partial charge in [0.15, 0.2) is 5.06 Å². The Bertz CT molecular complexity index is 1050. The van der Waals surface area contributed by atoms with Gasteiger partial charge in [-0.25, -0.2) is 4.79 Å². The van der Waals surface area contributed by atoms with E-state index >= 15 is 0 Å². The van der Waals surface area contributed by atoms with Crippen LogP contribution < -0.4 is 20.3 Å². The predicted molar refractivity (Wildman–Crippen MR) is 131 cm³/mol. The van der Waals surface area contributed by atoms with Crippen LogP contribution in [0, 0.1) is 6.92 Å². The molecule has 1 aromatic carbocycles. The summed E-state index contributed by atoms with van der Waals surface area (Å²) in [5.74, 6) is -0.0457. The number of carbonyl (C=O) groups is 3. The molecule has 0 spiro atoms. The van der Waals surface area contributed by atoms with Crippen molar-refractivity contribution in [3.8, 4) is 5.06 Å². The molecular formula is C23H27BrN4O4S. The molecule has 1 unspecified atom stereocenters. The number of thiophene rings is 1. The molecule has 10 heteroatoms. The molecular weight excluding hydrogens is 508 g/mol. The zero-order chi connectivity index (χ0) is 23.5. The molecule has 3 heterocycles. The molecule has 33 heavy (non-hydrogen) atoms. The van der Waals surface area contributed by atoms with Crippen LogP contribution in [0.1, 0.15) is 35.2 Å². The Balaban J connectivity index is 1.37. The number of hydrogen-bond donors (Lipinski definition) is 2. The number of piperidine rings is 1. The first-order valence-corrected chi connectivity index (χ1v) is 12.6. The molecule has 2 fully saturated rings. The van der Waals surface area contributed by atoms with Crippen LogP contribution in [-0.4, -0.2) is 61.6 Å². The first-order valence-electron chi connectivity index (χ1n) is 10.9. The number of amides is 3. The van der Waals surface area contributed by atoms with E-state index in [0.717, 1.165) is 41.0 Å². The first kappa shape index (κ1) is 23.7. The Hall–Kier alpha value is -2.43. The Morgan fingerprint density at radius 1 is 1.15 bits per heavy atom. The average Bonchev–Trinajstić information content (AvgIpc) is 3.37. The lowest BCUT2D eigenvalue weighted by molar-refractivity contribution is -0.117. The molecule has 2 aliphatic heterocycles. The molecule has 0 radical (unpaired) electrons. The molecule has 0 aliphatic carbocycles. The van der Waals surface area contributed by atoms with Crippen molar-refractivity contribution in [2.45, 2.75) is 38.3 Å². The maximum absolute atomic E-state index is 13.0. The summed E-state index contributed by atoms with van der Waals surface area (Å²) in [7, 11) is 1.95. The molecule has 3 amide bonds. The third-order valence-electron chi connectivity index (χ3n) is 6.13. The number of hydrogen-bond acceptors (Lipinski definition) is 6. The topological polar surface area (TPSA) is 91.0 Å². The normalized spacial score (nSPS) is 19.1. The second-order valence-electron chi connectivity index (χ2n) is 8.35. The lowest BCUT2D eigenvalue weighted by Crippen LogP contribution is -2.44. The summed E-state index contributed by atoms with van der Waals surface area (Å²) in [6.45, 7) is 3.72. The largest absolute Gasteiger partial charge is 0.413 e. The van der Waals surface area contributed by atoms with Crippen LogP contribution in [0.3, 0.4) is 0 Å². The number of nitrogens with zero attached hydrogens (tertiary/aromatic N) is 2. The van der Waals surface area contributed by atoms with Gasteiger partial charge in [0, 0.05) is 43.3 Å². The highest BCUT2D eigenvalue weighted by molar-refractivity contribution is 9.11. The van der Waals surface area contributed by atoms with Gasteiger partial charge in [-0.3, -0.25) is 9.59 Å². The standard InChI is InChI=1S/C23H27BrN4O4S/c1-14-11-17(3-4-18(14)22(30)27-9-7-15(25-2)8-10-27)28-13-16(12-20(28)29)26-23(31)32-21-6-5-19(24)33-21/h3-6,11,15-16,25H,7-10,12-13H2,1-2H3,(H,26,31). The second-order valence-corrected chi connectivity index (χ2v) is 10.8. The highest BCUT2D eigenvalue weighted by Crippen LogP contribution is 2.29. The van der Waals surface area contributed by atoms with Gasteiger partial charge in [0.1, 0.15) is 0 Å². The number of benzene rings is 1. The molecule has 2 N–H and O–H groups in total. The Morgan fingerprint density at radius 3 is 2.55 bits per heavy atom. The van der Waals surface area contributed by atoms with E-state index in [-0.39, 0.29) is 24.3 Å². The van der Waals surface area contributed by atoms with Gasteiger partial charge in [-0.2, -0.15) is 0 Å². The zero-order valence-corrected chi connectivity index (χ0v) is 21.0. The second kappa shape index (κ2) is 10.2. The van der Waals surface area contributed by atoms with Crippen LogP contribution in [-0.2, 0) is 4.79 Å². The van der Waals surface area contributed by atoms with Gasteiger partial charge in [0.2, 0.25) is 5.91 Å². The summed E-state index contributed by atoms with van der Waals surface area (Å²) < 4.78 is 6.14. The van der Waals surface area contributed by atoms with E-state index in [1.165, 1.54) is 11.3 Å². The van der Waals surface area contributed by atoms with E-state index < -0.39 is 6.09 Å². The SMILES string of the molecule is CNC1CCN(C(=O)c2ccc(N3CC(NC(=O)Oc4ccc(Br)s4)CC3=O)cc2C)CC1. The molecule has 2 aromatic rings. The van der Waals surface area contributed by atoms with E-state index in [9.17, 15) is 14.4 Å². The highest BCUT2D eigenvalue weighted by atomic mass is 79.9. The summed E-state index contributed by atoms with van der Waals surface area (Å²) in [6.07, 6.45) is 1.51. The summed E-state index contributed by atoms with van der Waals surface area (Å²) >= 11 is 4.64. The van der Waals surface area contributed by atoms with Gasteiger partial charge in [0.05, 0.1) is 9.83 Å². The highest BCUT2D eigenvalue weighted by Gasteiger charge is 2.33. The monoisotopic (exact) mass is 534 g/mol. The van der Waals surface area contributed by atoms with Crippen molar-refractivity contribution in [1.82, 2.24) is 15.5 Å². The molecule has 0 saturated carbocycles. The summed E-state index contributed by atoms with van der Waals surface area (Å²) in [5.41, 5.74) is 2.22. The van der Waals surface area contributed by atoms with Crippen molar-refractivity contribution >= 4 is 50.9 Å². The molecule has 8 nitrogen and oxygen atoms in total. The molecule has 176 valence electrons. The minimum Gasteiger partial charge on any atom is -0.399 e. The Morgan fingerprint density at radius 2 is 1.91 bits per heavy atom. The van der Waals surface area contributed by atoms with Gasteiger partial charge in [-0.15, -0.1) is 0 Å². The minimum atomic E-state index is -0.580. The molecule has 2 saturated heterocycles. The average molecular weight is 535 g/mol. The van der Waals surface area contributed by atoms with Crippen LogP contribution in [0.15, 0.2) is 34.1 Å². The van der Waals surface area contributed by atoms with E-state index in [4.69, 9.17) is 4.74 Å². The van der Waals surface area contributed by atoms with E-state index in [1.54, 1.807) is 23.1 Å². The Labute approximate surface area is 205 Å². The van der Waals surface area contributed by atoms with Crippen molar-refractivity contribution in [2.24, 2.45) is 0 Å². The summed E-state index contributed by atoms with van der Waals surface area (Å²) in [4.78, 5) is 41.3. The number of likely N-dealkylation sites (tertiary alicyclic amines) is 1. The quantitative estimate of drug-likeness (QED) is 0.612. The first-order chi connectivity index (χ1) is 15.8. The minimum absolute atomic E-state index is 0.0313. The van der Waals surface area contributed by atoms with E-state index in [0.29, 0.717) is 23.2 Å². The van der Waals surface area contributed by atoms with Gasteiger partial charge in [-0.05, 0) is 78.6 Å². The van der Waals surface area contributed by atoms with Gasteiger partial charge in [-0.1, -0.05) is 11.3 Å². The number of aryl methyl sites for hydroxylation is 1. The van der Waals surface area contributed by atoms with Crippen molar-refractivity contribution < 1.29 is 19.1 Å². The number of halogens is 1. The smallest absolute Gasteiger partial charge is 0.399 e. The lowest BCUT2D eigenvalue weighted by Gasteiger charge is -2.32. The third kappa shape index (κ3) is 5.56. The molecule has 2 aliphatic rings. The number of nitrogens with one attached hydrogen (secondary N) is 2. The fourth-order valence-electron chi connectivity index (χ4n) is 4.29. The zero-order valence-electron chi connectivity index (χ0n) is 18.6. The van der Waals surface area contributed by atoms with Gasteiger partial charge >= 0.3 is 6.09 Å². The van der Waals surface area contributed by atoms with Crippen molar-refractivity contribution in [3.05, 3.63) is 45.2 Å². The van der Waals surface area contributed by atoms with Gasteiger partial charge < -0.3 is 25.2 Å². The Kier molecular flexibility index (Phi) is 7.35.